The minimum absolute atomic E-state index is 0.0971. The van der Waals surface area contributed by atoms with Gasteiger partial charge in [-0.3, -0.25) is 4.79 Å². The Morgan fingerprint density at radius 1 is 1.23 bits per heavy atom. The van der Waals surface area contributed by atoms with Crippen LogP contribution >= 0.6 is 0 Å². The van der Waals surface area contributed by atoms with Crippen molar-refractivity contribution in [3.63, 3.8) is 0 Å². The van der Waals surface area contributed by atoms with Gasteiger partial charge in [0.25, 0.3) is 0 Å². The molecule has 1 aromatic carbocycles. The summed E-state index contributed by atoms with van der Waals surface area (Å²) in [5.41, 5.74) is 0.906. The van der Waals surface area contributed by atoms with Crippen LogP contribution in [0.5, 0.6) is 5.75 Å². The van der Waals surface area contributed by atoms with Crippen molar-refractivity contribution in [1.82, 2.24) is 14.1 Å². The predicted octanol–water partition coefficient (Wildman–Crippen LogP) is 1.21. The lowest BCUT2D eigenvalue weighted by Gasteiger charge is -2.33. The van der Waals surface area contributed by atoms with Crippen LogP contribution in [0, 0.1) is 0 Å². The Morgan fingerprint density at radius 2 is 1.85 bits per heavy atom. The third-order valence-electron chi connectivity index (χ3n) is 4.76. The first-order valence-electron chi connectivity index (χ1n) is 8.77. The Balaban J connectivity index is 2.20. The Bertz CT molecular complexity index is 741. The minimum atomic E-state index is -3.83. The first-order chi connectivity index (χ1) is 12.2. The number of carbonyl (C=O) groups is 1. The zero-order valence-electron chi connectivity index (χ0n) is 16.2. The van der Waals surface area contributed by atoms with Crippen LogP contribution in [-0.2, 0) is 14.8 Å². The molecule has 1 aliphatic heterocycles. The van der Waals surface area contributed by atoms with Crippen LogP contribution in [0.1, 0.15) is 25.3 Å². The summed E-state index contributed by atoms with van der Waals surface area (Å²) >= 11 is 0. The maximum Gasteiger partial charge on any atom is 0.246 e. The van der Waals surface area contributed by atoms with Gasteiger partial charge in [-0.2, -0.15) is 4.31 Å². The number of sulfonamides is 1. The second kappa shape index (κ2) is 8.37. The summed E-state index contributed by atoms with van der Waals surface area (Å²) in [6.07, 6.45) is 0. The monoisotopic (exact) mass is 383 g/mol. The molecule has 0 aromatic heterocycles. The highest BCUT2D eigenvalue weighted by Gasteiger charge is 2.29. The third-order valence-corrected chi connectivity index (χ3v) is 6.58. The average molecular weight is 384 g/mol. The molecule has 26 heavy (non-hydrogen) atoms. The third kappa shape index (κ3) is 4.55. The molecule has 0 saturated carbocycles. The van der Waals surface area contributed by atoms with E-state index in [1.165, 1.54) is 14.2 Å². The van der Waals surface area contributed by atoms with Gasteiger partial charge in [0, 0.05) is 33.2 Å². The number of rotatable bonds is 6. The van der Waals surface area contributed by atoms with E-state index in [1.807, 2.05) is 27.0 Å². The van der Waals surface area contributed by atoms with Crippen LogP contribution in [-0.4, -0.2) is 82.4 Å². The lowest BCUT2D eigenvalue weighted by molar-refractivity contribution is -0.132. The van der Waals surface area contributed by atoms with Crippen molar-refractivity contribution >= 4 is 15.9 Å². The predicted molar refractivity (Wildman–Crippen MR) is 101 cm³/mol. The van der Waals surface area contributed by atoms with Gasteiger partial charge in [-0.1, -0.05) is 19.9 Å². The van der Waals surface area contributed by atoms with Crippen LogP contribution in [0.15, 0.2) is 23.1 Å². The van der Waals surface area contributed by atoms with Gasteiger partial charge in [0.15, 0.2) is 0 Å². The Labute approximate surface area is 156 Å². The first kappa shape index (κ1) is 20.7. The number of likely N-dealkylation sites (N-methyl/N-ethyl adjacent to an activating group) is 2. The molecule has 0 radical (unpaired) electrons. The number of carbonyl (C=O) groups excluding carboxylic acids is 1. The van der Waals surface area contributed by atoms with Gasteiger partial charge in [-0.25, -0.2) is 8.42 Å². The Morgan fingerprint density at radius 3 is 2.38 bits per heavy atom. The van der Waals surface area contributed by atoms with Crippen molar-refractivity contribution in [2.45, 2.75) is 24.7 Å². The number of methoxy groups -OCH3 is 1. The topological polar surface area (TPSA) is 70.2 Å². The van der Waals surface area contributed by atoms with E-state index >= 15 is 0 Å². The summed E-state index contributed by atoms with van der Waals surface area (Å²) in [5, 5.41) is 0. The molecule has 0 atom stereocenters. The number of nitrogens with zero attached hydrogens (tertiary/aromatic N) is 3. The molecule has 1 aromatic rings. The number of amides is 1. The number of piperazine rings is 1. The molecule has 0 N–H and O–H groups in total. The fourth-order valence-corrected chi connectivity index (χ4v) is 4.16. The molecule has 0 aliphatic carbocycles. The van der Waals surface area contributed by atoms with Gasteiger partial charge in [0.05, 0.1) is 13.7 Å². The van der Waals surface area contributed by atoms with Crippen molar-refractivity contribution in [2.75, 3.05) is 53.9 Å². The molecule has 1 fully saturated rings. The van der Waals surface area contributed by atoms with Crippen LogP contribution in [0.25, 0.3) is 0 Å². The van der Waals surface area contributed by atoms with Gasteiger partial charge in [0.1, 0.15) is 10.6 Å². The summed E-state index contributed by atoms with van der Waals surface area (Å²) in [5.74, 6) is 0.295. The number of benzene rings is 1. The Kier molecular flexibility index (Phi) is 6.65. The molecule has 1 heterocycles. The van der Waals surface area contributed by atoms with Crippen molar-refractivity contribution in [3.05, 3.63) is 23.8 Å². The normalized spacial score (nSPS) is 16.3. The van der Waals surface area contributed by atoms with Crippen LogP contribution in [0.3, 0.4) is 0 Å². The zero-order chi connectivity index (χ0) is 19.5. The molecule has 0 bridgehead atoms. The van der Waals surface area contributed by atoms with Gasteiger partial charge in [-0.05, 0) is 30.7 Å². The quantitative estimate of drug-likeness (QED) is 0.739. The highest BCUT2D eigenvalue weighted by atomic mass is 32.2. The van der Waals surface area contributed by atoms with Crippen molar-refractivity contribution in [3.8, 4) is 5.75 Å². The summed E-state index contributed by atoms with van der Waals surface area (Å²) in [6.45, 7) is 6.66. The molecule has 1 aliphatic rings. The number of hydrogen-bond donors (Lipinski definition) is 0. The number of ether oxygens (including phenoxy) is 1. The largest absolute Gasteiger partial charge is 0.495 e. The average Bonchev–Trinajstić information content (AvgIpc) is 2.61. The fourth-order valence-electron chi connectivity index (χ4n) is 2.85. The maximum atomic E-state index is 13.0. The summed E-state index contributed by atoms with van der Waals surface area (Å²) < 4.78 is 32.4. The first-order valence-corrected chi connectivity index (χ1v) is 10.2. The van der Waals surface area contributed by atoms with Crippen molar-refractivity contribution in [2.24, 2.45) is 0 Å². The zero-order valence-corrected chi connectivity index (χ0v) is 17.0. The van der Waals surface area contributed by atoms with Crippen LogP contribution < -0.4 is 4.74 Å². The van der Waals surface area contributed by atoms with E-state index in [-0.39, 0.29) is 29.0 Å². The molecule has 0 spiro atoms. The summed E-state index contributed by atoms with van der Waals surface area (Å²) in [7, 11) is 1.05. The molecule has 7 nitrogen and oxygen atoms in total. The lowest BCUT2D eigenvalue weighted by atomic mass is 10.0. The van der Waals surface area contributed by atoms with Crippen molar-refractivity contribution in [1.29, 1.82) is 0 Å². The summed E-state index contributed by atoms with van der Waals surface area (Å²) in [6, 6.07) is 5.16. The van der Waals surface area contributed by atoms with Gasteiger partial charge in [0.2, 0.25) is 15.9 Å². The molecule has 1 amide bonds. The highest BCUT2D eigenvalue weighted by Crippen LogP contribution is 2.29. The molecule has 2 rings (SSSR count). The van der Waals surface area contributed by atoms with E-state index in [1.54, 1.807) is 17.0 Å². The van der Waals surface area contributed by atoms with E-state index in [0.29, 0.717) is 13.1 Å². The second-order valence-corrected chi connectivity index (χ2v) is 9.02. The standard InChI is InChI=1S/C18H29N3O4S/c1-14(2)15-6-7-16(25-5)17(12-15)26(23,24)20(4)13-18(22)21-10-8-19(3)9-11-21/h6-7,12,14H,8-11,13H2,1-5H3. The van der Waals surface area contributed by atoms with Crippen LogP contribution in [0.2, 0.25) is 0 Å². The van der Waals surface area contributed by atoms with E-state index in [2.05, 4.69) is 4.90 Å². The van der Waals surface area contributed by atoms with Gasteiger partial charge < -0.3 is 14.5 Å². The minimum Gasteiger partial charge on any atom is -0.495 e. The number of hydrogen-bond acceptors (Lipinski definition) is 5. The van der Waals surface area contributed by atoms with Crippen molar-refractivity contribution < 1.29 is 17.9 Å². The molecule has 146 valence electrons. The molecule has 8 heteroatoms. The smallest absolute Gasteiger partial charge is 0.246 e. The van der Waals surface area contributed by atoms with E-state index in [9.17, 15) is 13.2 Å². The lowest BCUT2D eigenvalue weighted by Crippen LogP contribution is -2.50. The van der Waals surface area contributed by atoms with Gasteiger partial charge >= 0.3 is 0 Å². The highest BCUT2D eigenvalue weighted by molar-refractivity contribution is 7.89. The summed E-state index contributed by atoms with van der Waals surface area (Å²) in [4.78, 5) is 16.5. The molecular weight excluding hydrogens is 354 g/mol. The Hall–Kier alpha value is -1.64. The van der Waals surface area contributed by atoms with E-state index in [0.717, 1.165) is 23.0 Å². The maximum absolute atomic E-state index is 13.0. The molecule has 0 unspecified atom stereocenters. The van der Waals surface area contributed by atoms with Crippen LogP contribution in [0.4, 0.5) is 0 Å². The molecule has 1 saturated heterocycles. The second-order valence-electron chi connectivity index (χ2n) is 7.01. The molecular formula is C18H29N3O4S. The van der Waals surface area contributed by atoms with E-state index in [4.69, 9.17) is 4.74 Å². The van der Waals surface area contributed by atoms with E-state index < -0.39 is 10.0 Å². The SMILES string of the molecule is COc1ccc(C(C)C)cc1S(=O)(=O)N(C)CC(=O)N1CCN(C)CC1. The van der Waals surface area contributed by atoms with Gasteiger partial charge in [-0.15, -0.1) is 0 Å². The fraction of sp³-hybridized carbons (Fsp3) is 0.611.